The number of likely N-dealkylation sites (tertiary alicyclic amines) is 1. The van der Waals surface area contributed by atoms with Gasteiger partial charge < -0.3 is 21.1 Å². The number of ether oxygens (including phenoxy) is 1. The summed E-state index contributed by atoms with van der Waals surface area (Å²) in [6.45, 7) is 5.57. The fraction of sp³-hybridized carbons (Fsp3) is 0.409. The van der Waals surface area contributed by atoms with Crippen LogP contribution in [0.1, 0.15) is 5.69 Å². The molecule has 1 amide bonds. The number of fused-ring (bicyclic) bond motifs is 1. The van der Waals surface area contributed by atoms with E-state index < -0.39 is 6.04 Å². The minimum Gasteiger partial charge on any atom is -0.463 e. The molecule has 1 aromatic carbocycles. The Balaban J connectivity index is 1.25. The lowest BCUT2D eigenvalue weighted by Gasteiger charge is -2.16. The first kappa shape index (κ1) is 20.2. The van der Waals surface area contributed by atoms with Crippen molar-refractivity contribution in [3.8, 4) is 11.1 Å². The Morgan fingerprint density at radius 1 is 1.23 bits per heavy atom. The quantitative estimate of drug-likeness (QED) is 0.653. The molecule has 0 radical (unpaired) electrons. The zero-order valence-corrected chi connectivity index (χ0v) is 17.8. The number of hydrogen-bond donors (Lipinski definition) is 3. The molecular formula is C22H25ClN6O2. The number of benzene rings is 1. The number of amidine groups is 1. The number of nitrogens with one attached hydrogen (secondary N) is 2. The Kier molecular flexibility index (Phi) is 5.52. The number of aromatic nitrogens is 1. The van der Waals surface area contributed by atoms with Crippen molar-refractivity contribution in [2.45, 2.75) is 12.6 Å². The SMILES string of the molecule is NC1=NC(C(=O)Nc2cc(-c3ccc(CN4CC5CNCC5C4)nc3)ccc2Cl)CO1. The number of aliphatic imine (C=N–C) groups is 1. The van der Waals surface area contributed by atoms with Gasteiger partial charge in [-0.3, -0.25) is 14.7 Å². The molecule has 0 bridgehead atoms. The van der Waals surface area contributed by atoms with Crippen LogP contribution < -0.4 is 16.4 Å². The van der Waals surface area contributed by atoms with Gasteiger partial charge in [-0.15, -0.1) is 0 Å². The van der Waals surface area contributed by atoms with E-state index in [0.29, 0.717) is 10.7 Å². The fourth-order valence-corrected chi connectivity index (χ4v) is 4.71. The van der Waals surface area contributed by atoms with Crippen molar-refractivity contribution in [3.63, 3.8) is 0 Å². The molecule has 9 heteroatoms. The normalized spacial score (nSPS) is 25.2. The first-order valence-electron chi connectivity index (χ1n) is 10.5. The molecule has 2 fully saturated rings. The number of anilines is 1. The van der Waals surface area contributed by atoms with E-state index in [1.54, 1.807) is 6.07 Å². The van der Waals surface area contributed by atoms with Crippen LogP contribution in [0.2, 0.25) is 5.02 Å². The zero-order valence-electron chi connectivity index (χ0n) is 17.1. The molecule has 4 heterocycles. The summed E-state index contributed by atoms with van der Waals surface area (Å²) in [5, 5.41) is 6.74. The Morgan fingerprint density at radius 2 is 2.00 bits per heavy atom. The van der Waals surface area contributed by atoms with E-state index in [9.17, 15) is 4.79 Å². The second-order valence-electron chi connectivity index (χ2n) is 8.39. The van der Waals surface area contributed by atoms with Crippen LogP contribution in [0, 0.1) is 11.8 Å². The molecule has 3 atom stereocenters. The molecule has 162 valence electrons. The van der Waals surface area contributed by atoms with Crippen molar-refractivity contribution in [2.75, 3.05) is 38.1 Å². The van der Waals surface area contributed by atoms with Gasteiger partial charge in [0.05, 0.1) is 16.4 Å². The maximum absolute atomic E-state index is 12.4. The standard InChI is InChI=1S/C22H25ClN6O2/c23-18-4-2-13(5-19(18)27-21(30)20-12-31-22(24)28-20)14-1-3-17(26-8-14)11-29-9-15-6-25-7-16(15)10-29/h1-5,8,15-16,20,25H,6-7,9-12H2,(H2,24,28)(H,27,30). The van der Waals surface area contributed by atoms with E-state index in [4.69, 9.17) is 22.1 Å². The second-order valence-corrected chi connectivity index (χ2v) is 8.80. The topological polar surface area (TPSA) is 105 Å². The molecule has 3 aliphatic heterocycles. The predicted molar refractivity (Wildman–Crippen MR) is 120 cm³/mol. The van der Waals surface area contributed by atoms with Crippen molar-refractivity contribution < 1.29 is 9.53 Å². The molecule has 2 saturated heterocycles. The smallest absolute Gasteiger partial charge is 0.282 e. The van der Waals surface area contributed by atoms with Crippen LogP contribution in [-0.4, -0.2) is 60.6 Å². The maximum Gasteiger partial charge on any atom is 0.282 e. The van der Waals surface area contributed by atoms with Gasteiger partial charge in [0, 0.05) is 31.4 Å². The molecule has 3 unspecified atom stereocenters. The summed E-state index contributed by atoms with van der Waals surface area (Å²) in [5.41, 5.74) is 8.95. The highest BCUT2D eigenvalue weighted by molar-refractivity contribution is 6.34. The summed E-state index contributed by atoms with van der Waals surface area (Å²) in [5.74, 6) is 1.25. The number of halogens is 1. The van der Waals surface area contributed by atoms with Crippen molar-refractivity contribution in [1.29, 1.82) is 0 Å². The molecule has 8 nitrogen and oxygen atoms in total. The van der Waals surface area contributed by atoms with Crippen molar-refractivity contribution in [2.24, 2.45) is 22.6 Å². The Hall–Kier alpha value is -2.68. The van der Waals surface area contributed by atoms with E-state index in [1.165, 1.54) is 0 Å². The summed E-state index contributed by atoms with van der Waals surface area (Å²) in [7, 11) is 0. The lowest BCUT2D eigenvalue weighted by atomic mass is 10.0. The van der Waals surface area contributed by atoms with Crippen molar-refractivity contribution in [1.82, 2.24) is 15.2 Å². The van der Waals surface area contributed by atoms with Gasteiger partial charge in [-0.1, -0.05) is 23.7 Å². The Labute approximate surface area is 185 Å². The molecule has 2 aromatic rings. The summed E-state index contributed by atoms with van der Waals surface area (Å²) in [4.78, 5) is 23.5. The number of amides is 1. The minimum absolute atomic E-state index is 0.0277. The molecule has 1 aromatic heterocycles. The molecule has 3 aliphatic rings. The lowest BCUT2D eigenvalue weighted by molar-refractivity contribution is -0.117. The predicted octanol–water partition coefficient (Wildman–Crippen LogP) is 1.71. The molecular weight excluding hydrogens is 416 g/mol. The molecule has 31 heavy (non-hydrogen) atoms. The average molecular weight is 441 g/mol. The summed E-state index contributed by atoms with van der Waals surface area (Å²) < 4.78 is 5.05. The molecule has 0 spiro atoms. The highest BCUT2D eigenvalue weighted by Gasteiger charge is 2.35. The number of hydrogen-bond acceptors (Lipinski definition) is 7. The number of nitrogens with two attached hydrogens (primary N) is 1. The largest absolute Gasteiger partial charge is 0.463 e. The van der Waals surface area contributed by atoms with Gasteiger partial charge in [-0.05, 0) is 48.7 Å². The number of carbonyl (C=O) groups is 1. The van der Waals surface area contributed by atoms with Gasteiger partial charge in [0.25, 0.3) is 11.9 Å². The van der Waals surface area contributed by atoms with Gasteiger partial charge in [0.2, 0.25) is 0 Å². The van der Waals surface area contributed by atoms with E-state index in [2.05, 4.69) is 37.6 Å². The number of nitrogens with zero attached hydrogens (tertiary/aromatic N) is 3. The Bertz CT molecular complexity index is 1000. The molecule has 5 rings (SSSR count). The first-order valence-corrected chi connectivity index (χ1v) is 10.9. The lowest BCUT2D eigenvalue weighted by Crippen LogP contribution is -2.27. The number of rotatable bonds is 5. The average Bonchev–Trinajstić information content (AvgIpc) is 3.47. The first-order chi connectivity index (χ1) is 15.0. The van der Waals surface area contributed by atoms with Crippen LogP contribution in [0.25, 0.3) is 11.1 Å². The zero-order chi connectivity index (χ0) is 21.4. The van der Waals surface area contributed by atoms with E-state index in [-0.39, 0.29) is 18.5 Å². The third-order valence-electron chi connectivity index (χ3n) is 6.21. The number of pyridine rings is 1. The summed E-state index contributed by atoms with van der Waals surface area (Å²) in [6.07, 6.45) is 1.87. The van der Waals surface area contributed by atoms with Gasteiger partial charge in [0.15, 0.2) is 6.04 Å². The van der Waals surface area contributed by atoms with Crippen molar-refractivity contribution in [3.05, 3.63) is 47.2 Å². The highest BCUT2D eigenvalue weighted by Crippen LogP contribution is 2.30. The van der Waals surface area contributed by atoms with Crippen LogP contribution in [0.5, 0.6) is 0 Å². The fourth-order valence-electron chi connectivity index (χ4n) is 4.54. The Morgan fingerprint density at radius 3 is 2.68 bits per heavy atom. The second kappa shape index (κ2) is 8.45. The summed E-state index contributed by atoms with van der Waals surface area (Å²) >= 11 is 6.29. The molecule has 0 saturated carbocycles. The van der Waals surface area contributed by atoms with Crippen LogP contribution in [-0.2, 0) is 16.1 Å². The van der Waals surface area contributed by atoms with E-state index >= 15 is 0 Å². The van der Waals surface area contributed by atoms with Gasteiger partial charge >= 0.3 is 0 Å². The summed E-state index contributed by atoms with van der Waals surface area (Å²) in [6, 6.07) is 9.02. The third kappa shape index (κ3) is 4.37. The van der Waals surface area contributed by atoms with Gasteiger partial charge in [0.1, 0.15) is 6.61 Å². The third-order valence-corrected chi connectivity index (χ3v) is 6.54. The van der Waals surface area contributed by atoms with Gasteiger partial charge in [-0.2, -0.15) is 0 Å². The maximum atomic E-state index is 12.4. The van der Waals surface area contributed by atoms with E-state index in [0.717, 1.165) is 61.4 Å². The highest BCUT2D eigenvalue weighted by atomic mass is 35.5. The minimum atomic E-state index is -0.665. The molecule has 0 aliphatic carbocycles. The van der Waals surface area contributed by atoms with Crippen LogP contribution in [0.15, 0.2) is 41.5 Å². The molecule has 4 N–H and O–H groups in total. The van der Waals surface area contributed by atoms with Crippen LogP contribution in [0.3, 0.4) is 0 Å². The van der Waals surface area contributed by atoms with Crippen LogP contribution >= 0.6 is 11.6 Å². The number of carbonyl (C=O) groups excluding carboxylic acids is 1. The van der Waals surface area contributed by atoms with E-state index in [1.807, 2.05) is 18.3 Å². The monoisotopic (exact) mass is 440 g/mol. The van der Waals surface area contributed by atoms with Crippen molar-refractivity contribution >= 4 is 29.2 Å². The van der Waals surface area contributed by atoms with Gasteiger partial charge in [-0.25, -0.2) is 4.99 Å². The van der Waals surface area contributed by atoms with Crippen LogP contribution in [0.4, 0.5) is 5.69 Å².